The number of Topliss-reactive ketones (excluding diaryl/α,β-unsaturated/α-hetero) is 1. The van der Waals surface area contributed by atoms with E-state index in [1.807, 2.05) is 13.8 Å². The lowest BCUT2D eigenvalue weighted by Gasteiger charge is -2.38. The number of nitrogens with two attached hydrogens (primary N) is 1. The normalized spacial score (nSPS) is 20.3. The number of para-hydroxylation sites is 1. The molecule has 0 amide bonds. The number of carbonyl (C=O) groups excluding carboxylic acids is 3. The molecule has 0 bridgehead atoms. The topological polar surface area (TPSA) is 114 Å². The van der Waals surface area contributed by atoms with Crippen LogP contribution in [0.3, 0.4) is 0 Å². The van der Waals surface area contributed by atoms with Crippen molar-refractivity contribution in [2.75, 3.05) is 20.8 Å². The minimum Gasteiger partial charge on any atom is -0.482 e. The molecule has 30 heavy (non-hydrogen) atoms. The first kappa shape index (κ1) is 21.4. The van der Waals surface area contributed by atoms with Crippen molar-refractivity contribution in [1.82, 2.24) is 0 Å². The van der Waals surface area contributed by atoms with Gasteiger partial charge in [-0.25, -0.2) is 9.59 Å². The van der Waals surface area contributed by atoms with Crippen LogP contribution in [0.4, 0.5) is 0 Å². The summed E-state index contributed by atoms with van der Waals surface area (Å²) in [7, 11) is 2.49. The van der Waals surface area contributed by atoms with Crippen molar-refractivity contribution in [3.8, 4) is 5.75 Å². The molecule has 1 unspecified atom stereocenters. The molecule has 0 fully saturated rings. The van der Waals surface area contributed by atoms with Crippen molar-refractivity contribution in [3.63, 3.8) is 0 Å². The molecule has 1 aromatic carbocycles. The molecule has 1 atom stereocenters. The molecule has 2 N–H and O–H groups in total. The van der Waals surface area contributed by atoms with Gasteiger partial charge in [0.25, 0.3) is 0 Å². The Labute approximate surface area is 174 Å². The molecule has 0 radical (unpaired) electrons. The van der Waals surface area contributed by atoms with Crippen molar-refractivity contribution in [2.24, 2.45) is 11.1 Å². The van der Waals surface area contributed by atoms with Crippen molar-refractivity contribution in [3.05, 3.63) is 52.6 Å². The van der Waals surface area contributed by atoms with Gasteiger partial charge in [-0.3, -0.25) is 4.79 Å². The molecule has 3 rings (SSSR count). The maximum Gasteiger partial charge on any atom is 0.343 e. The zero-order valence-electron chi connectivity index (χ0n) is 17.4. The molecule has 1 aliphatic heterocycles. The lowest BCUT2D eigenvalue weighted by Crippen LogP contribution is -2.35. The molecule has 0 saturated carbocycles. The molecule has 0 aromatic heterocycles. The number of ether oxygens (including phenoxy) is 4. The minimum atomic E-state index is -0.835. The number of hydrogen-bond acceptors (Lipinski definition) is 8. The first-order valence-electron chi connectivity index (χ1n) is 9.49. The van der Waals surface area contributed by atoms with Gasteiger partial charge >= 0.3 is 11.9 Å². The van der Waals surface area contributed by atoms with E-state index in [1.54, 1.807) is 24.3 Å². The number of benzene rings is 1. The van der Waals surface area contributed by atoms with Crippen LogP contribution in [0.2, 0.25) is 0 Å². The fourth-order valence-electron chi connectivity index (χ4n) is 3.85. The van der Waals surface area contributed by atoms with Gasteiger partial charge in [0, 0.05) is 24.0 Å². The number of carbonyl (C=O) groups is 3. The van der Waals surface area contributed by atoms with Gasteiger partial charge in [-0.1, -0.05) is 32.0 Å². The Kier molecular flexibility index (Phi) is 5.87. The Bertz CT molecular complexity index is 958. The van der Waals surface area contributed by atoms with E-state index >= 15 is 0 Å². The van der Waals surface area contributed by atoms with Crippen LogP contribution in [0, 0.1) is 5.41 Å². The van der Waals surface area contributed by atoms with Gasteiger partial charge < -0.3 is 24.7 Å². The average molecular weight is 415 g/mol. The monoisotopic (exact) mass is 415 g/mol. The van der Waals surface area contributed by atoms with Crippen molar-refractivity contribution >= 4 is 17.7 Å². The Morgan fingerprint density at radius 2 is 1.87 bits per heavy atom. The third kappa shape index (κ3) is 4.03. The molecular formula is C22H25NO7. The minimum absolute atomic E-state index is 0.0263. The van der Waals surface area contributed by atoms with E-state index < -0.39 is 17.9 Å². The van der Waals surface area contributed by atoms with Gasteiger partial charge in [0.1, 0.15) is 17.1 Å². The zero-order chi connectivity index (χ0) is 22.1. The molecule has 8 nitrogen and oxygen atoms in total. The highest BCUT2D eigenvalue weighted by atomic mass is 16.6. The number of ketones is 1. The van der Waals surface area contributed by atoms with Crippen molar-refractivity contribution < 1.29 is 33.3 Å². The molecule has 1 heterocycles. The second kappa shape index (κ2) is 8.22. The molecular weight excluding hydrogens is 390 g/mol. The maximum absolute atomic E-state index is 13.1. The highest BCUT2D eigenvalue weighted by Gasteiger charge is 2.45. The number of allylic oxidation sites excluding steroid dienone is 2. The predicted octanol–water partition coefficient (Wildman–Crippen LogP) is 2.34. The Morgan fingerprint density at radius 1 is 1.17 bits per heavy atom. The van der Waals surface area contributed by atoms with Crippen LogP contribution in [0.5, 0.6) is 5.75 Å². The average Bonchev–Trinajstić information content (AvgIpc) is 2.69. The van der Waals surface area contributed by atoms with E-state index in [4.69, 9.17) is 19.9 Å². The van der Waals surface area contributed by atoms with E-state index in [0.717, 1.165) is 0 Å². The summed E-state index contributed by atoms with van der Waals surface area (Å²) in [5, 5.41) is 0. The van der Waals surface area contributed by atoms with Crippen LogP contribution < -0.4 is 10.5 Å². The van der Waals surface area contributed by atoms with Crippen LogP contribution in [0.1, 0.15) is 38.2 Å². The quantitative estimate of drug-likeness (QED) is 0.729. The third-order valence-electron chi connectivity index (χ3n) is 5.16. The Balaban J connectivity index is 2.16. The summed E-state index contributed by atoms with van der Waals surface area (Å²) < 4.78 is 20.9. The molecule has 0 spiro atoms. The maximum atomic E-state index is 13.1. The van der Waals surface area contributed by atoms with E-state index in [9.17, 15) is 14.4 Å². The molecule has 160 valence electrons. The largest absolute Gasteiger partial charge is 0.482 e. The van der Waals surface area contributed by atoms with Crippen LogP contribution in [0.25, 0.3) is 0 Å². The first-order valence-corrected chi connectivity index (χ1v) is 9.49. The second-order valence-electron chi connectivity index (χ2n) is 7.99. The molecule has 8 heteroatoms. The highest BCUT2D eigenvalue weighted by Crippen LogP contribution is 2.49. The predicted molar refractivity (Wildman–Crippen MR) is 106 cm³/mol. The van der Waals surface area contributed by atoms with Crippen LogP contribution >= 0.6 is 0 Å². The van der Waals surface area contributed by atoms with E-state index in [1.165, 1.54) is 14.2 Å². The Hall–Kier alpha value is -3.29. The Morgan fingerprint density at radius 3 is 2.53 bits per heavy atom. The van der Waals surface area contributed by atoms with Gasteiger partial charge in [-0.2, -0.15) is 0 Å². The van der Waals surface area contributed by atoms with Gasteiger partial charge in [0.2, 0.25) is 5.88 Å². The van der Waals surface area contributed by atoms with Crippen molar-refractivity contribution in [1.29, 1.82) is 0 Å². The molecule has 1 aromatic rings. The summed E-state index contributed by atoms with van der Waals surface area (Å²) in [6.45, 7) is 3.61. The van der Waals surface area contributed by atoms with Gasteiger partial charge in [-0.15, -0.1) is 0 Å². The van der Waals surface area contributed by atoms with Crippen LogP contribution in [-0.2, 0) is 28.6 Å². The lowest BCUT2D eigenvalue weighted by molar-refractivity contribution is -0.143. The van der Waals surface area contributed by atoms with Gasteiger partial charge in [-0.05, 0) is 11.5 Å². The molecule has 1 aliphatic carbocycles. The third-order valence-corrected chi connectivity index (χ3v) is 5.16. The SMILES string of the molecule is COC(=O)COc1ccccc1C1C(C(=O)OC)=C(N)OC2=C1C(=O)CC(C)(C)C2. The summed E-state index contributed by atoms with van der Waals surface area (Å²) in [4.78, 5) is 37.3. The number of rotatable bonds is 5. The smallest absolute Gasteiger partial charge is 0.343 e. The first-order chi connectivity index (χ1) is 14.2. The fourth-order valence-corrected chi connectivity index (χ4v) is 3.85. The van der Waals surface area contributed by atoms with Gasteiger partial charge in [0.05, 0.1) is 20.1 Å². The summed E-state index contributed by atoms with van der Waals surface area (Å²) in [6, 6.07) is 6.84. The highest BCUT2D eigenvalue weighted by molar-refractivity contribution is 6.03. The summed E-state index contributed by atoms with van der Waals surface area (Å²) in [5.74, 6) is -1.58. The summed E-state index contributed by atoms with van der Waals surface area (Å²) in [6.07, 6.45) is 0.788. The van der Waals surface area contributed by atoms with E-state index in [2.05, 4.69) is 4.74 Å². The molecule has 0 saturated heterocycles. The van der Waals surface area contributed by atoms with E-state index in [0.29, 0.717) is 35.5 Å². The van der Waals surface area contributed by atoms with E-state index in [-0.39, 0.29) is 29.3 Å². The summed E-state index contributed by atoms with van der Waals surface area (Å²) in [5.41, 5.74) is 6.71. The summed E-state index contributed by atoms with van der Waals surface area (Å²) >= 11 is 0. The zero-order valence-corrected chi connectivity index (χ0v) is 17.4. The fraction of sp³-hybridized carbons (Fsp3) is 0.409. The number of methoxy groups -OCH3 is 2. The lowest BCUT2D eigenvalue weighted by atomic mass is 9.70. The number of hydrogen-bond donors (Lipinski definition) is 1. The van der Waals surface area contributed by atoms with Gasteiger partial charge in [0.15, 0.2) is 12.4 Å². The standard InChI is InChI=1S/C22H25NO7/c1-22(2)9-13(24)18-15(10-22)30-20(23)19(21(26)28-4)17(18)12-7-5-6-8-14(12)29-11-16(25)27-3/h5-8,17H,9-11,23H2,1-4H3. The number of esters is 2. The van der Waals surface area contributed by atoms with Crippen LogP contribution in [-0.4, -0.2) is 38.5 Å². The van der Waals surface area contributed by atoms with Crippen molar-refractivity contribution in [2.45, 2.75) is 32.6 Å². The molecule has 2 aliphatic rings. The van der Waals surface area contributed by atoms with Crippen LogP contribution in [0.15, 0.2) is 47.1 Å². The second-order valence-corrected chi connectivity index (χ2v) is 7.99.